The molecule has 1 aromatic heterocycles. The number of rotatable bonds is 6. The van der Waals surface area contributed by atoms with Crippen molar-refractivity contribution in [1.82, 2.24) is 4.57 Å². The molecule has 0 N–H and O–H groups in total. The minimum absolute atomic E-state index is 0.207. The zero-order chi connectivity index (χ0) is 27.8. The molecule has 204 valence electrons. The monoisotopic (exact) mass is 553 g/mol. The Labute approximate surface area is 236 Å². The van der Waals surface area contributed by atoms with Gasteiger partial charge in [0.2, 0.25) is 0 Å². The number of aromatic nitrogens is 1. The van der Waals surface area contributed by atoms with E-state index in [9.17, 15) is 9.59 Å². The van der Waals surface area contributed by atoms with Gasteiger partial charge in [-0.1, -0.05) is 53.8 Å². The van der Waals surface area contributed by atoms with Gasteiger partial charge in [-0.3, -0.25) is 9.36 Å². The van der Waals surface area contributed by atoms with Crippen molar-refractivity contribution in [2.75, 3.05) is 31.7 Å². The smallest absolute Gasteiger partial charge is 0.338 e. The molecule has 3 heterocycles. The maximum atomic E-state index is 14.1. The Kier molecular flexibility index (Phi) is 7.02. The summed E-state index contributed by atoms with van der Waals surface area (Å²) in [6.07, 6.45) is 4.34. The lowest BCUT2D eigenvalue weighted by Gasteiger charge is -2.27. The predicted octanol–water partition coefficient (Wildman–Crippen LogP) is 4.56. The molecule has 1 saturated heterocycles. The third-order valence-electron chi connectivity index (χ3n) is 7.60. The summed E-state index contributed by atoms with van der Waals surface area (Å²) in [5.74, 6) is 0.0998. The van der Waals surface area contributed by atoms with Crippen LogP contribution in [0.1, 0.15) is 43.9 Å². The number of ether oxygens (including phenoxy) is 2. The van der Waals surface area contributed by atoms with Crippen LogP contribution in [0.15, 0.2) is 81.7 Å². The third-order valence-corrected chi connectivity index (χ3v) is 8.59. The molecule has 4 aromatic rings. The second-order valence-electron chi connectivity index (χ2n) is 9.99. The first-order valence-electron chi connectivity index (χ1n) is 13.6. The first kappa shape index (κ1) is 26.1. The number of anilines is 1. The molecular weight excluding hydrogens is 522 g/mol. The lowest BCUT2D eigenvalue weighted by atomic mass is 9.90. The highest BCUT2D eigenvalue weighted by atomic mass is 32.1. The second kappa shape index (κ2) is 10.8. The molecule has 1 fully saturated rings. The summed E-state index contributed by atoms with van der Waals surface area (Å²) in [5, 5.41) is 1.88. The van der Waals surface area contributed by atoms with Gasteiger partial charge in [-0.25, -0.2) is 9.79 Å². The lowest BCUT2D eigenvalue weighted by Crippen LogP contribution is -2.40. The van der Waals surface area contributed by atoms with Gasteiger partial charge in [-0.05, 0) is 67.3 Å². The van der Waals surface area contributed by atoms with E-state index in [0.29, 0.717) is 26.4 Å². The Morgan fingerprint density at radius 1 is 1.07 bits per heavy atom. The van der Waals surface area contributed by atoms with Crippen LogP contribution in [0.4, 0.5) is 5.69 Å². The summed E-state index contributed by atoms with van der Waals surface area (Å²) in [5.41, 5.74) is 3.54. The molecule has 8 heteroatoms. The lowest BCUT2D eigenvalue weighted by molar-refractivity contribution is -0.139. The molecule has 0 aliphatic carbocycles. The first-order chi connectivity index (χ1) is 19.5. The van der Waals surface area contributed by atoms with Gasteiger partial charge in [0.15, 0.2) is 4.80 Å². The maximum Gasteiger partial charge on any atom is 0.338 e. The number of hydrogen-bond donors (Lipinski definition) is 0. The molecule has 3 aromatic carbocycles. The molecule has 0 spiro atoms. The minimum Gasteiger partial charge on any atom is -0.496 e. The Morgan fingerprint density at radius 2 is 1.82 bits per heavy atom. The maximum absolute atomic E-state index is 14.1. The summed E-state index contributed by atoms with van der Waals surface area (Å²) in [6.45, 7) is 5.94. The van der Waals surface area contributed by atoms with Gasteiger partial charge in [0.25, 0.3) is 5.56 Å². The number of carbonyl (C=O) groups is 1. The summed E-state index contributed by atoms with van der Waals surface area (Å²) >= 11 is 1.33. The molecule has 2 aliphatic heterocycles. The van der Waals surface area contributed by atoms with Crippen molar-refractivity contribution in [1.29, 1.82) is 0 Å². The summed E-state index contributed by atoms with van der Waals surface area (Å²) < 4.78 is 13.5. The number of benzene rings is 3. The second-order valence-corrected chi connectivity index (χ2v) is 11.0. The Bertz CT molecular complexity index is 1810. The van der Waals surface area contributed by atoms with E-state index >= 15 is 0 Å². The zero-order valence-electron chi connectivity index (χ0n) is 22.8. The van der Waals surface area contributed by atoms with Crippen molar-refractivity contribution in [2.24, 2.45) is 4.99 Å². The van der Waals surface area contributed by atoms with Crippen molar-refractivity contribution >= 4 is 39.8 Å². The van der Waals surface area contributed by atoms with Crippen LogP contribution in [-0.2, 0) is 9.53 Å². The number of esters is 1. The molecule has 7 nitrogen and oxygen atoms in total. The number of thiazole rings is 1. The van der Waals surface area contributed by atoms with Crippen LogP contribution in [0, 0.1) is 0 Å². The van der Waals surface area contributed by atoms with Gasteiger partial charge in [-0.15, -0.1) is 0 Å². The molecular formula is C32H31N3O4S. The molecule has 6 rings (SSSR count). The molecule has 0 radical (unpaired) electrons. The topological polar surface area (TPSA) is 73.1 Å². The summed E-state index contributed by atoms with van der Waals surface area (Å²) in [6, 6.07) is 19.3. The van der Waals surface area contributed by atoms with E-state index in [-0.39, 0.29) is 12.2 Å². The van der Waals surface area contributed by atoms with Crippen LogP contribution in [-0.4, -0.2) is 37.3 Å². The summed E-state index contributed by atoms with van der Waals surface area (Å²) in [4.78, 5) is 35.1. The van der Waals surface area contributed by atoms with Gasteiger partial charge in [0, 0.05) is 24.3 Å². The summed E-state index contributed by atoms with van der Waals surface area (Å²) in [7, 11) is 1.60. The third kappa shape index (κ3) is 4.52. The fourth-order valence-electron chi connectivity index (χ4n) is 5.71. The highest BCUT2D eigenvalue weighted by molar-refractivity contribution is 7.07. The van der Waals surface area contributed by atoms with Crippen molar-refractivity contribution in [3.63, 3.8) is 0 Å². The highest BCUT2D eigenvalue weighted by Crippen LogP contribution is 2.40. The van der Waals surface area contributed by atoms with E-state index < -0.39 is 12.0 Å². The fraction of sp³-hybridized carbons (Fsp3) is 0.281. The van der Waals surface area contributed by atoms with Crippen molar-refractivity contribution in [3.05, 3.63) is 103 Å². The number of nitrogens with zero attached hydrogens (tertiary/aromatic N) is 3. The Hall–Kier alpha value is -4.17. The van der Waals surface area contributed by atoms with E-state index in [1.54, 1.807) is 25.5 Å². The number of hydrogen-bond acceptors (Lipinski definition) is 7. The standard InChI is InChI=1S/C32H31N3O4S/c1-4-39-31(37)27-20(2)33-32-35(29(27)28-24-10-6-5-9-22(24)13-16-25(28)38-3)30(36)26(40-32)19-21-11-14-23(15-12-21)34-17-7-8-18-34/h5-6,9-16,19,29H,4,7-8,17-18H2,1-3H3/b26-19+/t29-/m0/s1. The van der Waals surface area contributed by atoms with E-state index in [0.717, 1.165) is 35.0 Å². The largest absolute Gasteiger partial charge is 0.496 e. The molecule has 1 atom stereocenters. The molecule has 40 heavy (non-hydrogen) atoms. The molecule has 0 amide bonds. The van der Waals surface area contributed by atoms with Crippen LogP contribution in [0.5, 0.6) is 5.75 Å². The number of carbonyl (C=O) groups excluding carboxylic acids is 1. The Morgan fingerprint density at radius 3 is 2.55 bits per heavy atom. The average Bonchev–Trinajstić information content (AvgIpc) is 3.61. The minimum atomic E-state index is -0.754. The molecule has 0 unspecified atom stereocenters. The Balaban J connectivity index is 1.55. The van der Waals surface area contributed by atoms with E-state index in [4.69, 9.17) is 14.5 Å². The van der Waals surface area contributed by atoms with Crippen LogP contribution < -0.4 is 24.5 Å². The SMILES string of the molecule is CCOC(=O)C1=C(C)N=c2s/c(=C/c3ccc(N4CCCC4)cc3)c(=O)n2[C@@H]1c1c(OC)ccc2ccccc12. The predicted molar refractivity (Wildman–Crippen MR) is 159 cm³/mol. The quantitative estimate of drug-likeness (QED) is 0.328. The van der Waals surface area contributed by atoms with Crippen LogP contribution in [0.25, 0.3) is 16.8 Å². The number of allylic oxidation sites excluding steroid dienone is 1. The van der Waals surface area contributed by atoms with E-state index in [1.165, 1.54) is 29.9 Å². The first-order valence-corrected chi connectivity index (χ1v) is 14.4. The molecule has 2 aliphatic rings. The van der Waals surface area contributed by atoms with Gasteiger partial charge in [0.1, 0.15) is 11.8 Å². The highest BCUT2D eigenvalue weighted by Gasteiger charge is 2.36. The number of methoxy groups -OCH3 is 1. The molecule has 0 saturated carbocycles. The zero-order valence-corrected chi connectivity index (χ0v) is 23.7. The van der Waals surface area contributed by atoms with E-state index in [1.807, 2.05) is 54.6 Å². The van der Waals surface area contributed by atoms with E-state index in [2.05, 4.69) is 17.0 Å². The normalized spacial score (nSPS) is 17.2. The molecule has 0 bridgehead atoms. The van der Waals surface area contributed by atoms with Gasteiger partial charge in [0.05, 0.1) is 29.5 Å². The van der Waals surface area contributed by atoms with Crippen LogP contribution in [0.2, 0.25) is 0 Å². The van der Waals surface area contributed by atoms with Crippen molar-refractivity contribution in [3.8, 4) is 5.75 Å². The number of fused-ring (bicyclic) bond motifs is 2. The fourth-order valence-corrected chi connectivity index (χ4v) is 6.75. The van der Waals surface area contributed by atoms with Crippen molar-refractivity contribution < 1.29 is 14.3 Å². The van der Waals surface area contributed by atoms with Crippen molar-refractivity contribution in [2.45, 2.75) is 32.7 Å². The average molecular weight is 554 g/mol. The van der Waals surface area contributed by atoms with Crippen LogP contribution in [0.3, 0.4) is 0 Å². The van der Waals surface area contributed by atoms with Gasteiger partial charge < -0.3 is 14.4 Å². The van der Waals surface area contributed by atoms with Gasteiger partial charge >= 0.3 is 5.97 Å². The van der Waals surface area contributed by atoms with Gasteiger partial charge in [-0.2, -0.15) is 0 Å². The van der Waals surface area contributed by atoms with Crippen LogP contribution >= 0.6 is 11.3 Å².